The van der Waals surface area contributed by atoms with E-state index in [1.807, 2.05) is 31.3 Å². The number of imidazole rings is 1. The number of hydrogen-bond acceptors (Lipinski definition) is 9. The van der Waals surface area contributed by atoms with Crippen LogP contribution in [0.2, 0.25) is 0 Å². The van der Waals surface area contributed by atoms with Gasteiger partial charge >= 0.3 is 12.1 Å². The summed E-state index contributed by atoms with van der Waals surface area (Å²) in [4.78, 5) is 40.6. The number of alkyl halides is 3. The Morgan fingerprint density at radius 3 is 2.38 bits per heavy atom. The monoisotopic (exact) mass is 587 g/mol. The van der Waals surface area contributed by atoms with Crippen LogP contribution in [0.15, 0.2) is 30.6 Å². The molecule has 0 atom stereocenters. The van der Waals surface area contributed by atoms with Gasteiger partial charge in [0, 0.05) is 44.5 Å². The number of carboxylic acids is 1. The van der Waals surface area contributed by atoms with Gasteiger partial charge in [-0.25, -0.2) is 14.8 Å². The number of aromatic nitrogens is 4. The molecule has 224 valence electrons. The van der Waals surface area contributed by atoms with Crippen LogP contribution in [0.4, 0.5) is 24.7 Å². The molecule has 1 saturated heterocycles. The van der Waals surface area contributed by atoms with Gasteiger partial charge < -0.3 is 19.5 Å². The number of anilines is 2. The summed E-state index contributed by atoms with van der Waals surface area (Å²) < 4.78 is 33.5. The standard InChI is InChI=1S/C25H31N9O.C2HF3O2/c1-31-11-13-33(14-12-31)20-10-6-7-18(15-20)25(35)34(19-8-4-3-5-9-19)30-23-22-24(32(2)17-27-22)29-21(16-26)28-23;3-2(4,5)1(6)7/h6-7,10,15,17,19H,3-5,8-9,11-14H2,1-2H3,(H,28,29,30);(H,6,7). The predicted molar refractivity (Wildman–Crippen MR) is 148 cm³/mol. The van der Waals surface area contributed by atoms with Crippen molar-refractivity contribution in [2.75, 3.05) is 43.6 Å². The molecule has 3 aromatic rings. The van der Waals surface area contributed by atoms with Crippen LogP contribution >= 0.6 is 0 Å². The number of hydrogen-bond donors (Lipinski definition) is 2. The van der Waals surface area contributed by atoms with Crippen molar-refractivity contribution < 1.29 is 27.9 Å². The van der Waals surface area contributed by atoms with Gasteiger partial charge in [0.25, 0.3) is 5.91 Å². The third kappa shape index (κ3) is 7.24. The molecule has 2 fully saturated rings. The molecule has 0 radical (unpaired) electrons. The predicted octanol–water partition coefficient (Wildman–Crippen LogP) is 3.42. The molecule has 1 aliphatic heterocycles. The molecular weight excluding hydrogens is 555 g/mol. The van der Waals surface area contributed by atoms with Gasteiger partial charge in [-0.2, -0.15) is 28.4 Å². The Labute approximate surface area is 240 Å². The summed E-state index contributed by atoms with van der Waals surface area (Å²) >= 11 is 0. The third-order valence-corrected chi connectivity index (χ3v) is 7.25. The molecule has 2 aromatic heterocycles. The normalized spacial score (nSPS) is 16.3. The number of rotatable bonds is 5. The summed E-state index contributed by atoms with van der Waals surface area (Å²) in [6.07, 6.45) is 1.70. The van der Waals surface area contributed by atoms with Gasteiger partial charge in [-0.3, -0.25) is 10.2 Å². The third-order valence-electron chi connectivity index (χ3n) is 7.25. The number of fused-ring (bicyclic) bond motifs is 1. The Balaban J connectivity index is 0.000000517. The number of carboxylic acid groups (broad SMARTS) is 1. The van der Waals surface area contributed by atoms with Crippen molar-refractivity contribution in [1.82, 2.24) is 29.4 Å². The lowest BCUT2D eigenvalue weighted by molar-refractivity contribution is -0.192. The molecule has 1 saturated carbocycles. The maximum Gasteiger partial charge on any atom is 0.490 e. The van der Waals surface area contributed by atoms with E-state index in [1.165, 1.54) is 6.42 Å². The van der Waals surface area contributed by atoms with Crippen molar-refractivity contribution in [2.24, 2.45) is 7.05 Å². The largest absolute Gasteiger partial charge is 0.490 e. The summed E-state index contributed by atoms with van der Waals surface area (Å²) in [5, 5.41) is 18.3. The topological polar surface area (TPSA) is 144 Å². The molecule has 15 heteroatoms. The Kier molecular flexibility index (Phi) is 9.46. The summed E-state index contributed by atoms with van der Waals surface area (Å²) in [5.74, 6) is -2.44. The molecule has 1 aromatic carbocycles. The van der Waals surface area contributed by atoms with Crippen LogP contribution in [0, 0.1) is 11.3 Å². The lowest BCUT2D eigenvalue weighted by Crippen LogP contribution is -2.46. The highest BCUT2D eigenvalue weighted by Crippen LogP contribution is 2.28. The Hall–Kier alpha value is -4.45. The van der Waals surface area contributed by atoms with Crippen molar-refractivity contribution in [2.45, 2.75) is 44.3 Å². The number of nitrogens with one attached hydrogen (secondary N) is 1. The molecule has 1 amide bonds. The molecule has 12 nitrogen and oxygen atoms in total. The zero-order chi connectivity index (χ0) is 30.4. The summed E-state index contributed by atoms with van der Waals surface area (Å²) in [7, 11) is 3.95. The summed E-state index contributed by atoms with van der Waals surface area (Å²) in [6.45, 7) is 3.88. The number of carbonyl (C=O) groups is 2. The molecule has 1 aliphatic carbocycles. The second kappa shape index (κ2) is 13.0. The van der Waals surface area contributed by atoms with Crippen molar-refractivity contribution in [1.29, 1.82) is 5.26 Å². The molecular formula is C27H32F3N9O3. The molecule has 0 unspecified atom stereocenters. The molecule has 2 aliphatic rings. The first-order valence-electron chi connectivity index (χ1n) is 13.5. The number of nitrogens with zero attached hydrogens (tertiary/aromatic N) is 8. The SMILES string of the molecule is CN1CCN(c2cccc(C(=O)N(Nc3nc(C#N)nc4c3ncn4C)C3CCCCC3)c2)CC1.O=C(O)C(F)(F)F. The number of amides is 1. The highest BCUT2D eigenvalue weighted by atomic mass is 19.4. The van der Waals surface area contributed by atoms with Crippen LogP contribution in [0.25, 0.3) is 11.2 Å². The van der Waals surface area contributed by atoms with Gasteiger partial charge in [-0.15, -0.1) is 0 Å². The van der Waals surface area contributed by atoms with Gasteiger partial charge in [0.1, 0.15) is 6.07 Å². The first-order valence-corrected chi connectivity index (χ1v) is 13.5. The lowest BCUT2D eigenvalue weighted by atomic mass is 9.94. The van der Waals surface area contributed by atoms with Crippen LogP contribution in [0.5, 0.6) is 0 Å². The Morgan fingerprint density at radius 1 is 1.10 bits per heavy atom. The minimum atomic E-state index is -5.08. The van der Waals surface area contributed by atoms with Crippen LogP contribution in [-0.2, 0) is 11.8 Å². The highest BCUT2D eigenvalue weighted by molar-refractivity contribution is 5.97. The van der Waals surface area contributed by atoms with E-state index < -0.39 is 12.1 Å². The second-order valence-corrected chi connectivity index (χ2v) is 10.3. The fourth-order valence-corrected chi connectivity index (χ4v) is 4.94. The number of benzene rings is 1. The Bertz CT molecular complexity index is 1460. The van der Waals surface area contributed by atoms with E-state index in [1.54, 1.807) is 15.9 Å². The van der Waals surface area contributed by atoms with Crippen molar-refractivity contribution >= 4 is 34.5 Å². The van der Waals surface area contributed by atoms with Gasteiger partial charge in [-0.1, -0.05) is 25.3 Å². The number of aliphatic carboxylic acids is 1. The first kappa shape index (κ1) is 30.5. The van der Waals surface area contributed by atoms with E-state index in [0.717, 1.165) is 57.5 Å². The summed E-state index contributed by atoms with van der Waals surface area (Å²) in [6, 6.07) is 9.94. The van der Waals surface area contributed by atoms with Crippen molar-refractivity contribution in [3.63, 3.8) is 0 Å². The smallest absolute Gasteiger partial charge is 0.475 e. The maximum absolute atomic E-state index is 13.9. The van der Waals surface area contributed by atoms with Gasteiger partial charge in [0.05, 0.1) is 12.4 Å². The number of likely N-dealkylation sites (N-methyl/N-ethyl adjacent to an activating group) is 1. The summed E-state index contributed by atoms with van der Waals surface area (Å²) in [5.41, 5.74) is 6.04. The molecule has 5 rings (SSSR count). The highest BCUT2D eigenvalue weighted by Gasteiger charge is 2.38. The lowest BCUT2D eigenvalue weighted by Gasteiger charge is -2.36. The van der Waals surface area contributed by atoms with E-state index >= 15 is 0 Å². The van der Waals surface area contributed by atoms with Gasteiger partial charge in [-0.05, 0) is 38.1 Å². The average molecular weight is 588 g/mol. The number of nitriles is 1. The Morgan fingerprint density at radius 2 is 1.76 bits per heavy atom. The number of piperazine rings is 1. The molecule has 3 heterocycles. The van der Waals surface area contributed by atoms with Gasteiger partial charge in [0.15, 0.2) is 17.0 Å². The quantitative estimate of drug-likeness (QED) is 0.426. The minimum absolute atomic E-state index is 0.0304. The fraction of sp³-hybridized carbons (Fsp3) is 0.481. The zero-order valence-corrected chi connectivity index (χ0v) is 23.3. The van der Waals surface area contributed by atoms with Crippen molar-refractivity contribution in [3.05, 3.63) is 42.0 Å². The van der Waals surface area contributed by atoms with E-state index in [-0.39, 0.29) is 17.8 Å². The number of hydrazine groups is 1. The number of aryl methyl sites for hydroxylation is 1. The molecule has 0 bridgehead atoms. The molecule has 2 N–H and O–H groups in total. The van der Waals surface area contributed by atoms with Gasteiger partial charge in [0.2, 0.25) is 5.82 Å². The molecule has 0 spiro atoms. The average Bonchev–Trinajstić information content (AvgIpc) is 3.36. The number of halogens is 3. The van der Waals surface area contributed by atoms with Crippen LogP contribution < -0.4 is 10.3 Å². The second-order valence-electron chi connectivity index (χ2n) is 10.3. The van der Waals surface area contributed by atoms with Crippen molar-refractivity contribution in [3.8, 4) is 6.07 Å². The molecule has 42 heavy (non-hydrogen) atoms. The van der Waals surface area contributed by atoms with Crippen LogP contribution in [0.3, 0.4) is 0 Å². The number of carbonyl (C=O) groups excluding carboxylic acids is 1. The zero-order valence-electron chi connectivity index (χ0n) is 23.3. The first-order chi connectivity index (χ1) is 20.0. The maximum atomic E-state index is 13.9. The van der Waals surface area contributed by atoms with Crippen LogP contribution in [-0.4, -0.2) is 91.9 Å². The van der Waals surface area contributed by atoms with E-state index in [2.05, 4.69) is 43.3 Å². The fourth-order valence-electron chi connectivity index (χ4n) is 4.94. The van der Waals surface area contributed by atoms with E-state index in [0.29, 0.717) is 22.5 Å². The van der Waals surface area contributed by atoms with E-state index in [9.17, 15) is 23.2 Å². The van der Waals surface area contributed by atoms with Crippen LogP contribution in [0.1, 0.15) is 48.3 Å². The minimum Gasteiger partial charge on any atom is -0.475 e. The van der Waals surface area contributed by atoms with E-state index in [4.69, 9.17) is 9.90 Å².